The van der Waals surface area contributed by atoms with E-state index in [0.717, 1.165) is 6.07 Å². The van der Waals surface area contributed by atoms with E-state index in [9.17, 15) is 21.6 Å². The molecule has 10 heteroatoms. The minimum atomic E-state index is -3.55. The number of hydrogen-bond donors (Lipinski definition) is 2. The van der Waals surface area contributed by atoms with Gasteiger partial charge in [-0.1, -0.05) is 18.2 Å². The van der Waals surface area contributed by atoms with Crippen molar-refractivity contribution >= 4 is 21.5 Å². The van der Waals surface area contributed by atoms with E-state index in [2.05, 4.69) is 20.0 Å². The van der Waals surface area contributed by atoms with Gasteiger partial charge >= 0.3 is 0 Å². The molecule has 2 aromatic rings. The van der Waals surface area contributed by atoms with Crippen LogP contribution in [0.5, 0.6) is 0 Å². The van der Waals surface area contributed by atoms with Gasteiger partial charge in [-0.25, -0.2) is 31.6 Å². The number of alkyl halides is 2. The Morgan fingerprint density at radius 1 is 1.22 bits per heavy atom. The van der Waals surface area contributed by atoms with Gasteiger partial charge in [-0.2, -0.15) is 0 Å². The van der Waals surface area contributed by atoms with Crippen molar-refractivity contribution in [2.45, 2.75) is 44.4 Å². The van der Waals surface area contributed by atoms with Crippen molar-refractivity contribution in [2.24, 2.45) is 0 Å². The first-order chi connectivity index (χ1) is 12.7. The summed E-state index contributed by atoms with van der Waals surface area (Å²) >= 11 is 0. The Morgan fingerprint density at radius 3 is 2.52 bits per heavy atom. The summed E-state index contributed by atoms with van der Waals surface area (Å²) in [4.78, 5) is 8.16. The van der Waals surface area contributed by atoms with Gasteiger partial charge in [0.25, 0.3) is 6.43 Å². The highest BCUT2D eigenvalue weighted by Gasteiger charge is 2.36. The number of nitrogens with zero attached hydrogens (tertiary/aromatic N) is 2. The molecule has 0 radical (unpaired) electrons. The summed E-state index contributed by atoms with van der Waals surface area (Å²) in [5.74, 6) is -0.472. The summed E-state index contributed by atoms with van der Waals surface area (Å²) in [5, 5.41) is 2.45. The normalized spacial score (nSPS) is 15.6. The molecule has 2 N–H and O–H groups in total. The maximum absolute atomic E-state index is 14.4. The number of hydrogen-bond acceptors (Lipinski definition) is 5. The molecule has 6 nitrogen and oxygen atoms in total. The molecule has 1 atom stereocenters. The van der Waals surface area contributed by atoms with Gasteiger partial charge in [-0.15, -0.1) is 0 Å². The molecule has 3 rings (SSSR count). The number of nitrogens with one attached hydrogen (secondary N) is 2. The molecule has 1 heterocycles. The van der Waals surface area contributed by atoms with Crippen molar-refractivity contribution in [3.05, 3.63) is 47.2 Å². The van der Waals surface area contributed by atoms with Crippen LogP contribution in [-0.4, -0.2) is 23.6 Å². The summed E-state index contributed by atoms with van der Waals surface area (Å²) in [7, 11) is -3.55. The molecule has 1 saturated carbocycles. The van der Waals surface area contributed by atoms with E-state index in [1.165, 1.54) is 18.3 Å². The van der Waals surface area contributed by atoms with Crippen molar-refractivity contribution in [2.75, 3.05) is 10.0 Å². The van der Waals surface area contributed by atoms with Crippen LogP contribution in [0.2, 0.25) is 0 Å². The third-order valence-corrected chi connectivity index (χ3v) is 6.09. The highest BCUT2D eigenvalue weighted by molar-refractivity contribution is 7.93. The number of aryl methyl sites for hydroxylation is 1. The van der Waals surface area contributed by atoms with E-state index in [1.54, 1.807) is 13.8 Å². The molecule has 0 aliphatic heterocycles. The number of halogens is 3. The highest BCUT2D eigenvalue weighted by atomic mass is 32.2. The standard InChI is InChI=1S/C17H19F3N4O2S/c1-9(12-4-3-5-13(15(12)18)16(19)20)22-17-14(8-21-10(2)23-17)24-27(25,26)11-6-7-11/h3-5,8-9,11,16,24H,6-7H2,1-2H3,(H,21,22,23)/t9-/m1/s1. The third kappa shape index (κ3) is 4.32. The molecule has 0 amide bonds. The lowest BCUT2D eigenvalue weighted by Crippen LogP contribution is -2.20. The third-order valence-electron chi connectivity index (χ3n) is 4.24. The lowest BCUT2D eigenvalue weighted by Gasteiger charge is -2.19. The average molecular weight is 400 g/mol. The molecule has 1 fully saturated rings. The smallest absolute Gasteiger partial charge is 0.266 e. The first-order valence-electron chi connectivity index (χ1n) is 8.37. The van der Waals surface area contributed by atoms with Crippen LogP contribution in [0.15, 0.2) is 24.4 Å². The number of benzene rings is 1. The van der Waals surface area contributed by atoms with Crippen LogP contribution in [-0.2, 0) is 10.0 Å². The van der Waals surface area contributed by atoms with Crippen LogP contribution in [0, 0.1) is 12.7 Å². The first kappa shape index (κ1) is 19.4. The Kier molecular flexibility index (Phi) is 5.27. The summed E-state index contributed by atoms with van der Waals surface area (Å²) < 4.78 is 67.1. The van der Waals surface area contributed by atoms with E-state index in [0.29, 0.717) is 18.7 Å². The van der Waals surface area contributed by atoms with E-state index in [-0.39, 0.29) is 17.1 Å². The molecule has 0 unspecified atom stereocenters. The van der Waals surface area contributed by atoms with Crippen LogP contribution < -0.4 is 10.0 Å². The van der Waals surface area contributed by atoms with Crippen molar-refractivity contribution in [3.63, 3.8) is 0 Å². The zero-order valence-corrected chi connectivity index (χ0v) is 15.5. The highest BCUT2D eigenvalue weighted by Crippen LogP contribution is 2.33. The molecule has 146 valence electrons. The molecule has 1 aromatic carbocycles. The van der Waals surface area contributed by atoms with Gasteiger partial charge in [-0.05, 0) is 26.7 Å². The van der Waals surface area contributed by atoms with Gasteiger partial charge in [0.15, 0.2) is 5.82 Å². The number of anilines is 2. The first-order valence-corrected chi connectivity index (χ1v) is 9.92. The summed E-state index contributed by atoms with van der Waals surface area (Å²) in [6.07, 6.45) is -0.428. The van der Waals surface area contributed by atoms with Crippen molar-refractivity contribution in [1.29, 1.82) is 0 Å². The van der Waals surface area contributed by atoms with Crippen LogP contribution in [0.3, 0.4) is 0 Å². The number of sulfonamides is 1. The van der Waals surface area contributed by atoms with Crippen molar-refractivity contribution < 1.29 is 21.6 Å². The Labute approximate surface area is 155 Å². The van der Waals surface area contributed by atoms with Crippen LogP contribution >= 0.6 is 0 Å². The SMILES string of the molecule is Cc1ncc(NS(=O)(=O)C2CC2)c(N[C@H](C)c2cccc(C(F)F)c2F)n1. The molecule has 0 saturated heterocycles. The average Bonchev–Trinajstić information content (AvgIpc) is 3.42. The van der Waals surface area contributed by atoms with Crippen LogP contribution in [0.1, 0.15) is 49.2 Å². The van der Waals surface area contributed by atoms with Gasteiger partial charge in [0.2, 0.25) is 10.0 Å². The van der Waals surface area contributed by atoms with Crippen molar-refractivity contribution in [3.8, 4) is 0 Å². The number of rotatable bonds is 7. The molecule has 1 aromatic heterocycles. The summed E-state index contributed by atoms with van der Waals surface area (Å²) in [6, 6.07) is 3.03. The molecule has 0 spiro atoms. The predicted octanol–water partition coefficient (Wildman–Crippen LogP) is 3.94. The molecule has 1 aliphatic rings. The van der Waals surface area contributed by atoms with Crippen LogP contribution in [0.4, 0.5) is 24.7 Å². The van der Waals surface area contributed by atoms with Gasteiger partial charge in [0.05, 0.1) is 23.1 Å². The lowest BCUT2D eigenvalue weighted by atomic mass is 10.0. The summed E-state index contributed by atoms with van der Waals surface area (Å²) in [5.41, 5.74) is -0.528. The fraction of sp³-hybridized carbons (Fsp3) is 0.412. The lowest BCUT2D eigenvalue weighted by molar-refractivity contribution is 0.146. The van der Waals surface area contributed by atoms with E-state index >= 15 is 0 Å². The Morgan fingerprint density at radius 2 is 1.89 bits per heavy atom. The monoisotopic (exact) mass is 400 g/mol. The molecule has 1 aliphatic carbocycles. The van der Waals surface area contributed by atoms with Crippen LogP contribution in [0.25, 0.3) is 0 Å². The molecular formula is C17H19F3N4O2S. The Hall–Kier alpha value is -2.36. The quantitative estimate of drug-likeness (QED) is 0.736. The zero-order valence-electron chi connectivity index (χ0n) is 14.7. The largest absolute Gasteiger partial charge is 0.362 e. The second-order valence-electron chi connectivity index (χ2n) is 6.44. The van der Waals surface area contributed by atoms with E-state index in [4.69, 9.17) is 0 Å². The summed E-state index contributed by atoms with van der Waals surface area (Å²) in [6.45, 7) is 3.19. The molecule has 27 heavy (non-hydrogen) atoms. The number of aromatic nitrogens is 2. The fourth-order valence-corrected chi connectivity index (χ4v) is 4.00. The van der Waals surface area contributed by atoms with Gasteiger partial charge in [-0.3, -0.25) is 4.72 Å². The second kappa shape index (κ2) is 7.34. The van der Waals surface area contributed by atoms with Gasteiger partial charge in [0.1, 0.15) is 17.3 Å². The topological polar surface area (TPSA) is 84.0 Å². The van der Waals surface area contributed by atoms with Gasteiger partial charge in [0, 0.05) is 5.56 Å². The zero-order chi connectivity index (χ0) is 19.8. The van der Waals surface area contributed by atoms with E-state index in [1.807, 2.05) is 0 Å². The Bertz CT molecular complexity index is 949. The maximum Gasteiger partial charge on any atom is 0.266 e. The maximum atomic E-state index is 14.4. The Balaban J connectivity index is 1.89. The van der Waals surface area contributed by atoms with Crippen molar-refractivity contribution in [1.82, 2.24) is 9.97 Å². The second-order valence-corrected chi connectivity index (χ2v) is 8.40. The fourth-order valence-electron chi connectivity index (χ4n) is 2.62. The van der Waals surface area contributed by atoms with Gasteiger partial charge < -0.3 is 5.32 Å². The minimum Gasteiger partial charge on any atom is -0.362 e. The molecular weight excluding hydrogens is 381 g/mol. The van der Waals surface area contributed by atoms with E-state index < -0.39 is 39.1 Å². The predicted molar refractivity (Wildman–Crippen MR) is 95.7 cm³/mol. The minimum absolute atomic E-state index is 0.0278. The molecule has 0 bridgehead atoms.